The summed E-state index contributed by atoms with van der Waals surface area (Å²) in [6, 6.07) is 58.7. The summed E-state index contributed by atoms with van der Waals surface area (Å²) in [5, 5.41) is 31.2. The Bertz CT molecular complexity index is 4810. The third-order valence-electron chi connectivity index (χ3n) is 20.7. The maximum absolute atomic E-state index is 12.6. The van der Waals surface area contributed by atoms with Crippen LogP contribution in [0, 0.1) is 22.7 Å². The molecular weight excluding hydrogens is 1620 g/mol. The molecule has 0 radical (unpaired) electrons. The van der Waals surface area contributed by atoms with Gasteiger partial charge in [0.15, 0.2) is 0 Å². The number of aliphatic hydroxyl groups is 1. The minimum Gasteiger partial charge on any atom is -0.497 e. The molecule has 5 aliphatic rings. The van der Waals surface area contributed by atoms with Gasteiger partial charge in [0.1, 0.15) is 75.9 Å². The summed E-state index contributed by atoms with van der Waals surface area (Å²) < 4.78 is 60.0. The first-order valence-electron chi connectivity index (χ1n) is 42.8. The summed E-state index contributed by atoms with van der Waals surface area (Å²) in [6.07, 6.45) is 5.08. The number of nitrogens with zero attached hydrogens (tertiary/aromatic N) is 6. The van der Waals surface area contributed by atoms with Crippen LogP contribution in [0.3, 0.4) is 0 Å². The lowest BCUT2D eigenvalue weighted by molar-refractivity contribution is -0.191. The molecular formula is C103H131N7O18. The molecule has 25 heteroatoms. The van der Waals surface area contributed by atoms with Gasteiger partial charge in [0, 0.05) is 58.9 Å². The number of benzene rings is 7. The maximum Gasteiger partial charge on any atom is 0.410 e. The molecule has 25 nitrogen and oxygen atoms in total. The van der Waals surface area contributed by atoms with Crippen LogP contribution in [0.1, 0.15) is 188 Å². The van der Waals surface area contributed by atoms with Crippen molar-refractivity contribution in [3.63, 3.8) is 0 Å². The normalized spacial score (nSPS) is 14.5. The molecule has 7 aromatic rings. The summed E-state index contributed by atoms with van der Waals surface area (Å²) in [6.45, 7) is 34.0. The molecule has 128 heavy (non-hydrogen) atoms. The largest absolute Gasteiger partial charge is 0.497 e. The van der Waals surface area contributed by atoms with Crippen molar-refractivity contribution in [2.24, 2.45) is 0 Å². The lowest BCUT2D eigenvalue weighted by Gasteiger charge is -2.33. The quantitative estimate of drug-likeness (QED) is 0.0711. The second-order valence-corrected chi connectivity index (χ2v) is 34.4. The molecule has 12 rings (SSSR count). The lowest BCUT2D eigenvalue weighted by atomic mass is 9.92. The molecule has 0 atom stereocenters. The van der Waals surface area contributed by atoms with Crippen LogP contribution in [-0.4, -0.2) is 198 Å². The molecule has 4 amide bonds. The highest BCUT2D eigenvalue weighted by Crippen LogP contribution is 2.37. The first-order chi connectivity index (χ1) is 60.5. The number of amides is 4. The highest BCUT2D eigenvalue weighted by atomic mass is 16.6. The fourth-order valence-electron chi connectivity index (χ4n) is 14.4. The third kappa shape index (κ3) is 33.5. The van der Waals surface area contributed by atoms with Gasteiger partial charge in [0.25, 0.3) is 0 Å². The number of nitriles is 2. The Morgan fingerprint density at radius 3 is 0.875 bits per heavy atom. The van der Waals surface area contributed by atoms with Crippen molar-refractivity contribution < 1.29 is 86.0 Å². The van der Waals surface area contributed by atoms with E-state index in [1.54, 1.807) is 85.5 Å². The number of methoxy groups -OCH3 is 5. The minimum absolute atomic E-state index is 0. The Kier molecular flexibility index (Phi) is 41.0. The predicted molar refractivity (Wildman–Crippen MR) is 499 cm³/mol. The van der Waals surface area contributed by atoms with Crippen molar-refractivity contribution in [3.8, 4) is 52.4 Å². The highest BCUT2D eigenvalue weighted by molar-refractivity contribution is 5.79. The maximum atomic E-state index is 12.6. The van der Waals surface area contributed by atoms with Crippen molar-refractivity contribution >= 4 is 58.4 Å². The van der Waals surface area contributed by atoms with Gasteiger partial charge in [0.05, 0.1) is 65.4 Å². The zero-order chi connectivity index (χ0) is 93.0. The van der Waals surface area contributed by atoms with Crippen molar-refractivity contribution in [2.75, 3.05) is 121 Å². The zero-order valence-corrected chi connectivity index (χ0v) is 77.4. The lowest BCUT2D eigenvalue weighted by Crippen LogP contribution is -2.41. The number of aliphatic hydroxyl groups excluding tert-OH is 1. The molecule has 5 heterocycles. The van der Waals surface area contributed by atoms with Gasteiger partial charge in [-0.15, -0.1) is 0 Å². The van der Waals surface area contributed by atoms with Crippen LogP contribution >= 0.6 is 0 Å². The molecule has 0 fully saturated rings. The van der Waals surface area contributed by atoms with Crippen LogP contribution in [0.2, 0.25) is 0 Å². The average molecular weight is 1760 g/mol. The van der Waals surface area contributed by atoms with Gasteiger partial charge in [-0.2, -0.15) is 20.1 Å². The molecule has 0 aliphatic carbocycles. The van der Waals surface area contributed by atoms with E-state index in [1.165, 1.54) is 50.1 Å². The smallest absolute Gasteiger partial charge is 0.410 e. The predicted octanol–water partition coefficient (Wildman–Crippen LogP) is 20.6. The highest BCUT2D eigenvalue weighted by Gasteiger charge is 2.33. The van der Waals surface area contributed by atoms with Crippen molar-refractivity contribution in [3.05, 3.63) is 237 Å². The molecule has 0 saturated carbocycles. The van der Waals surface area contributed by atoms with Crippen LogP contribution < -0.4 is 38.5 Å². The van der Waals surface area contributed by atoms with Crippen LogP contribution in [0.5, 0.6) is 40.2 Å². The summed E-state index contributed by atoms with van der Waals surface area (Å²) >= 11 is 0. The number of carbonyl (C=O) groups is 4. The molecule has 7 aromatic carbocycles. The molecule has 0 unspecified atom stereocenters. The SMILES string of the molecule is C.CCC1=C(c2ccc(OC)cc2)CCN(C(=O)OC(C)(C)C)C1.CCC1=C(c2ccc(OC)cc2)CCN(C(=O)OC(C)(C)C)C1.COc1ccc(C2=C(CO)CN(C(=O)OC(C)(C)C)CC2)cc1.COc1ccc(C2=C(COc3cccc(C#N)c3)CN(C(=O)OC(C)(C)C)CC2)cc1.COc1ccc(C2=C(COc3cccc(C#N)c3)CNCC2)cc1.O=C=O. The Labute approximate surface area is 757 Å². The number of nitrogens with one attached hydrogen (secondary N) is 1. The van der Waals surface area contributed by atoms with Gasteiger partial charge >= 0.3 is 30.5 Å². The molecule has 0 saturated heterocycles. The standard InChI is InChI=1S/C25H28N2O4.C20H20N2O2.2C19H27NO3.C18H25NO4.CO2.CH4/c1-25(2,3)31-24(28)27-13-12-23(19-8-10-21(29-4)11-9-19)20(16-27)17-30-22-7-5-6-18(14-22)15-26;1-23-18-7-5-16(6-8-18)20-9-10-22-13-17(20)14-24-19-4-2-3-15(11-19)12-21;2*1-6-14-13-20(18(21)23-19(2,3)4)12-11-17(14)15-7-9-16(22-5)10-8-15;1-18(2,3)23-17(21)19-10-9-16(14(11-19)12-20)13-5-7-15(22-4)8-6-13;2-1-3;/h5-11,14H,12-13,16-17H2,1-4H3;2-8,11,22H,9-10,13-14H2,1H3;2*7-10H,6,11-13H2,1-5H3;5-8,20H,9-12H2,1-4H3;;1H4. The Morgan fingerprint density at radius 2 is 0.617 bits per heavy atom. The van der Waals surface area contributed by atoms with Crippen LogP contribution in [-0.2, 0) is 28.5 Å². The van der Waals surface area contributed by atoms with E-state index in [4.69, 9.17) is 72.2 Å². The molecule has 5 aliphatic heterocycles. The molecule has 0 bridgehead atoms. The molecule has 2 N–H and O–H groups in total. The number of ether oxygens (including phenoxy) is 11. The van der Waals surface area contributed by atoms with Crippen molar-refractivity contribution in [1.82, 2.24) is 24.9 Å². The Balaban J connectivity index is 0.000000245. The van der Waals surface area contributed by atoms with E-state index in [-0.39, 0.29) is 44.6 Å². The average Bonchev–Trinajstić information content (AvgIpc) is 0.814. The van der Waals surface area contributed by atoms with E-state index in [1.807, 2.05) is 186 Å². The van der Waals surface area contributed by atoms with E-state index in [0.29, 0.717) is 95.3 Å². The monoisotopic (exact) mass is 1750 g/mol. The van der Waals surface area contributed by atoms with Gasteiger partial charge in [0.2, 0.25) is 0 Å². The van der Waals surface area contributed by atoms with E-state index in [2.05, 4.69) is 67.7 Å². The van der Waals surface area contributed by atoms with E-state index >= 15 is 0 Å². The first kappa shape index (κ1) is 104. The third-order valence-corrected chi connectivity index (χ3v) is 20.7. The number of rotatable bonds is 19. The van der Waals surface area contributed by atoms with E-state index in [9.17, 15) is 24.3 Å². The fraction of sp³-hybridized carbons (Fsp3) is 0.427. The molecule has 686 valence electrons. The summed E-state index contributed by atoms with van der Waals surface area (Å²) in [5.41, 5.74) is 16.9. The second kappa shape index (κ2) is 50.5. The molecule has 0 spiro atoms. The van der Waals surface area contributed by atoms with Gasteiger partial charge in [-0.3, -0.25) is 0 Å². The van der Waals surface area contributed by atoms with E-state index in [0.717, 1.165) is 113 Å². The fourth-order valence-corrected chi connectivity index (χ4v) is 14.4. The van der Waals surface area contributed by atoms with Crippen molar-refractivity contribution in [2.45, 2.75) is 172 Å². The zero-order valence-electron chi connectivity index (χ0n) is 77.4. The van der Waals surface area contributed by atoms with Gasteiger partial charge in [-0.1, -0.05) is 94.1 Å². The Hall–Kier alpha value is -12.8. The summed E-state index contributed by atoms with van der Waals surface area (Å²) in [4.78, 5) is 72.6. The first-order valence-corrected chi connectivity index (χ1v) is 42.8. The minimum atomic E-state index is -0.550. The van der Waals surface area contributed by atoms with Gasteiger partial charge in [-0.05, 0) is 315 Å². The number of hydrogen-bond donors (Lipinski definition) is 2. The van der Waals surface area contributed by atoms with Crippen LogP contribution in [0.25, 0.3) is 27.9 Å². The van der Waals surface area contributed by atoms with Crippen LogP contribution in [0.4, 0.5) is 19.2 Å². The molecule has 0 aromatic heterocycles. The number of carbonyl (C=O) groups excluding carboxylic acids is 6. The summed E-state index contributed by atoms with van der Waals surface area (Å²) in [5.74, 6) is 5.51. The van der Waals surface area contributed by atoms with E-state index < -0.39 is 22.4 Å². The summed E-state index contributed by atoms with van der Waals surface area (Å²) in [7, 11) is 8.29. The van der Waals surface area contributed by atoms with Crippen molar-refractivity contribution in [1.29, 1.82) is 10.5 Å². The second-order valence-electron chi connectivity index (χ2n) is 34.4. The van der Waals surface area contributed by atoms with Gasteiger partial charge in [-0.25, -0.2) is 19.2 Å². The van der Waals surface area contributed by atoms with Gasteiger partial charge < -0.3 is 82.1 Å². The topological polar surface area (TPSA) is 297 Å². The van der Waals surface area contributed by atoms with Crippen LogP contribution in [0.15, 0.2) is 198 Å². The Morgan fingerprint density at radius 1 is 0.367 bits per heavy atom. The number of hydrogen-bond acceptors (Lipinski definition) is 21.